The van der Waals surface area contributed by atoms with Crippen LogP contribution in [0.2, 0.25) is 0 Å². The van der Waals surface area contributed by atoms with E-state index in [0.29, 0.717) is 0 Å². The van der Waals surface area contributed by atoms with Crippen LogP contribution in [0, 0.1) is 0 Å². The predicted molar refractivity (Wildman–Crippen MR) is 99.0 cm³/mol. The highest BCUT2D eigenvalue weighted by atomic mass is 79.9. The Labute approximate surface area is 152 Å². The highest BCUT2D eigenvalue weighted by Gasteiger charge is 2.16. The summed E-state index contributed by atoms with van der Waals surface area (Å²) in [6.45, 7) is 0.135. The SMILES string of the molecule is COc1ccccc1CCC(COS(C)(=O)=O)c1ccc(Br)cc1. The molecule has 24 heavy (non-hydrogen) atoms. The molecule has 0 aliphatic heterocycles. The molecule has 2 aromatic rings. The van der Waals surface area contributed by atoms with Crippen LogP contribution in [-0.4, -0.2) is 28.4 Å². The summed E-state index contributed by atoms with van der Waals surface area (Å²) in [5.41, 5.74) is 2.15. The Kier molecular flexibility index (Phi) is 6.83. The average Bonchev–Trinajstić information content (AvgIpc) is 2.55. The summed E-state index contributed by atoms with van der Waals surface area (Å²) < 4.78 is 34.1. The fourth-order valence-corrected chi connectivity index (χ4v) is 3.20. The van der Waals surface area contributed by atoms with Crippen LogP contribution in [0.1, 0.15) is 23.5 Å². The second-order valence-electron chi connectivity index (χ2n) is 5.59. The number of halogens is 1. The summed E-state index contributed by atoms with van der Waals surface area (Å²) in [6.07, 6.45) is 2.61. The van der Waals surface area contributed by atoms with E-state index in [4.69, 9.17) is 8.92 Å². The molecule has 0 aliphatic rings. The van der Waals surface area contributed by atoms with E-state index in [1.54, 1.807) is 7.11 Å². The summed E-state index contributed by atoms with van der Waals surface area (Å²) in [4.78, 5) is 0. The van der Waals surface area contributed by atoms with Gasteiger partial charge < -0.3 is 4.74 Å². The van der Waals surface area contributed by atoms with Crippen LogP contribution < -0.4 is 4.74 Å². The van der Waals surface area contributed by atoms with Crippen LogP contribution in [0.5, 0.6) is 5.75 Å². The van der Waals surface area contributed by atoms with Gasteiger partial charge in [0.15, 0.2) is 0 Å². The summed E-state index contributed by atoms with van der Waals surface area (Å²) in [5.74, 6) is 0.828. The molecule has 0 bridgehead atoms. The average molecular weight is 413 g/mol. The number of ether oxygens (including phenoxy) is 1. The second-order valence-corrected chi connectivity index (χ2v) is 8.15. The molecule has 2 aromatic carbocycles. The van der Waals surface area contributed by atoms with Gasteiger partial charge in [0.1, 0.15) is 5.75 Å². The first kappa shape index (κ1) is 19.0. The zero-order valence-corrected chi connectivity index (χ0v) is 16.1. The van der Waals surface area contributed by atoms with Crippen molar-refractivity contribution in [1.29, 1.82) is 0 Å². The van der Waals surface area contributed by atoms with Crippen LogP contribution in [0.3, 0.4) is 0 Å². The quantitative estimate of drug-likeness (QED) is 0.611. The summed E-state index contributed by atoms with van der Waals surface area (Å²) >= 11 is 3.42. The summed E-state index contributed by atoms with van der Waals surface area (Å²) in [7, 11) is -1.81. The Hall–Kier alpha value is -1.37. The van der Waals surface area contributed by atoms with Gasteiger partial charge in [-0.25, -0.2) is 0 Å². The van der Waals surface area contributed by atoms with Gasteiger partial charge in [0.05, 0.1) is 20.0 Å². The molecule has 1 atom stereocenters. The largest absolute Gasteiger partial charge is 0.496 e. The Balaban J connectivity index is 2.14. The van der Waals surface area contributed by atoms with Crippen molar-refractivity contribution in [3.8, 4) is 5.75 Å². The topological polar surface area (TPSA) is 52.6 Å². The summed E-state index contributed by atoms with van der Waals surface area (Å²) in [6, 6.07) is 15.7. The van der Waals surface area contributed by atoms with E-state index in [2.05, 4.69) is 15.9 Å². The number of methoxy groups -OCH3 is 1. The highest BCUT2D eigenvalue weighted by Crippen LogP contribution is 2.27. The molecule has 0 spiro atoms. The number of para-hydroxylation sites is 1. The molecule has 0 aromatic heterocycles. The molecule has 0 saturated heterocycles. The van der Waals surface area contributed by atoms with E-state index >= 15 is 0 Å². The molecule has 0 heterocycles. The van der Waals surface area contributed by atoms with Crippen molar-refractivity contribution in [2.75, 3.05) is 20.0 Å². The first-order valence-corrected chi connectivity index (χ1v) is 10.2. The Bertz CT molecular complexity index is 757. The predicted octanol–water partition coefficient (Wildman–Crippen LogP) is 4.15. The monoisotopic (exact) mass is 412 g/mol. The molecular weight excluding hydrogens is 392 g/mol. The molecule has 0 amide bonds. The van der Waals surface area contributed by atoms with Crippen LogP contribution in [0.25, 0.3) is 0 Å². The minimum Gasteiger partial charge on any atom is -0.496 e. The standard InChI is InChI=1S/C18H21BrO4S/c1-22-18-6-4-3-5-15(18)7-8-16(13-23-24(2,20)21)14-9-11-17(19)12-10-14/h3-6,9-12,16H,7-8,13H2,1-2H3. The lowest BCUT2D eigenvalue weighted by Gasteiger charge is -2.18. The van der Waals surface area contributed by atoms with Gasteiger partial charge in [-0.05, 0) is 42.2 Å². The van der Waals surface area contributed by atoms with Gasteiger partial charge in [0, 0.05) is 10.4 Å². The maximum Gasteiger partial charge on any atom is 0.264 e. The highest BCUT2D eigenvalue weighted by molar-refractivity contribution is 9.10. The van der Waals surface area contributed by atoms with Crippen molar-refractivity contribution in [2.24, 2.45) is 0 Å². The maximum absolute atomic E-state index is 11.3. The van der Waals surface area contributed by atoms with Gasteiger partial charge in [-0.1, -0.05) is 46.3 Å². The molecule has 0 saturated carbocycles. The fourth-order valence-electron chi connectivity index (χ4n) is 2.53. The van der Waals surface area contributed by atoms with Gasteiger partial charge in [-0.2, -0.15) is 8.42 Å². The van der Waals surface area contributed by atoms with Crippen LogP contribution in [0.4, 0.5) is 0 Å². The lowest BCUT2D eigenvalue weighted by atomic mass is 9.93. The zero-order chi connectivity index (χ0) is 17.6. The third kappa shape index (κ3) is 5.92. The second kappa shape index (κ2) is 8.65. The normalized spacial score (nSPS) is 12.8. The van der Waals surface area contributed by atoms with E-state index in [1.807, 2.05) is 48.5 Å². The van der Waals surface area contributed by atoms with E-state index in [9.17, 15) is 8.42 Å². The van der Waals surface area contributed by atoms with Crippen molar-refractivity contribution >= 4 is 26.0 Å². The molecule has 0 N–H and O–H groups in total. The molecule has 2 rings (SSSR count). The summed E-state index contributed by atoms with van der Waals surface area (Å²) in [5, 5.41) is 0. The smallest absolute Gasteiger partial charge is 0.264 e. The molecular formula is C18H21BrO4S. The third-order valence-corrected chi connectivity index (χ3v) is 4.87. The van der Waals surface area contributed by atoms with Crippen molar-refractivity contribution in [1.82, 2.24) is 0 Å². The molecule has 1 unspecified atom stereocenters. The molecule has 0 fully saturated rings. The molecule has 0 aliphatic carbocycles. The Morgan fingerprint density at radius 3 is 2.38 bits per heavy atom. The van der Waals surface area contributed by atoms with Crippen molar-refractivity contribution in [3.05, 3.63) is 64.1 Å². The van der Waals surface area contributed by atoms with Crippen molar-refractivity contribution < 1.29 is 17.3 Å². The van der Waals surface area contributed by atoms with Gasteiger partial charge in [0.25, 0.3) is 10.1 Å². The molecule has 130 valence electrons. The number of aryl methyl sites for hydroxylation is 1. The van der Waals surface area contributed by atoms with Crippen LogP contribution in [0.15, 0.2) is 53.0 Å². The number of hydrogen-bond acceptors (Lipinski definition) is 4. The zero-order valence-electron chi connectivity index (χ0n) is 13.7. The van der Waals surface area contributed by atoms with E-state index in [1.165, 1.54) is 0 Å². The van der Waals surface area contributed by atoms with Crippen LogP contribution in [-0.2, 0) is 20.7 Å². The molecule has 0 radical (unpaired) electrons. The van der Waals surface area contributed by atoms with Crippen molar-refractivity contribution in [3.63, 3.8) is 0 Å². The minimum atomic E-state index is -3.47. The van der Waals surface area contributed by atoms with Gasteiger partial charge in [-0.15, -0.1) is 0 Å². The number of hydrogen-bond donors (Lipinski definition) is 0. The lowest BCUT2D eigenvalue weighted by molar-refractivity contribution is 0.287. The van der Waals surface area contributed by atoms with E-state index < -0.39 is 10.1 Å². The van der Waals surface area contributed by atoms with Gasteiger partial charge in [-0.3, -0.25) is 4.18 Å². The Morgan fingerprint density at radius 1 is 1.08 bits per heavy atom. The maximum atomic E-state index is 11.3. The number of benzene rings is 2. The Morgan fingerprint density at radius 2 is 1.75 bits per heavy atom. The van der Waals surface area contributed by atoms with Crippen LogP contribution >= 0.6 is 15.9 Å². The molecule has 6 heteroatoms. The first-order chi connectivity index (χ1) is 11.4. The lowest BCUT2D eigenvalue weighted by Crippen LogP contribution is -2.13. The number of rotatable bonds is 8. The van der Waals surface area contributed by atoms with E-state index in [-0.39, 0.29) is 12.5 Å². The van der Waals surface area contributed by atoms with Crippen molar-refractivity contribution in [2.45, 2.75) is 18.8 Å². The first-order valence-electron chi connectivity index (χ1n) is 7.61. The minimum absolute atomic E-state index is 0.0160. The molecule has 4 nitrogen and oxygen atoms in total. The van der Waals surface area contributed by atoms with Gasteiger partial charge in [0.2, 0.25) is 0 Å². The van der Waals surface area contributed by atoms with E-state index in [0.717, 1.165) is 40.4 Å². The fraction of sp³-hybridized carbons (Fsp3) is 0.333. The van der Waals surface area contributed by atoms with Gasteiger partial charge >= 0.3 is 0 Å². The third-order valence-electron chi connectivity index (χ3n) is 3.78.